The number of aromatic nitrogens is 1. The SMILES string of the molecule is CCOC(=O)c1c(C)ccn1CC(=O)N(CC)C1CC1. The predicted molar refractivity (Wildman–Crippen MR) is 75.5 cm³/mol. The molecule has 1 heterocycles. The minimum Gasteiger partial charge on any atom is -0.461 e. The molecule has 0 spiro atoms. The van der Waals surface area contributed by atoms with Gasteiger partial charge in [-0.05, 0) is 45.2 Å². The van der Waals surface area contributed by atoms with Crippen molar-refractivity contribution >= 4 is 11.9 Å². The van der Waals surface area contributed by atoms with E-state index >= 15 is 0 Å². The molecule has 2 rings (SSSR count). The van der Waals surface area contributed by atoms with Gasteiger partial charge in [0.15, 0.2) is 0 Å². The molecule has 1 saturated carbocycles. The van der Waals surface area contributed by atoms with Crippen LogP contribution >= 0.6 is 0 Å². The zero-order valence-corrected chi connectivity index (χ0v) is 12.4. The molecular weight excluding hydrogens is 256 g/mol. The summed E-state index contributed by atoms with van der Waals surface area (Å²) in [6.45, 7) is 6.87. The number of hydrogen-bond acceptors (Lipinski definition) is 3. The maximum atomic E-state index is 12.3. The lowest BCUT2D eigenvalue weighted by atomic mass is 10.2. The Kier molecular flexibility index (Phi) is 4.47. The molecule has 5 heteroatoms. The van der Waals surface area contributed by atoms with Crippen LogP contribution in [0.25, 0.3) is 0 Å². The van der Waals surface area contributed by atoms with Crippen LogP contribution in [0.15, 0.2) is 12.3 Å². The van der Waals surface area contributed by atoms with E-state index in [9.17, 15) is 9.59 Å². The van der Waals surface area contributed by atoms with Gasteiger partial charge >= 0.3 is 5.97 Å². The fourth-order valence-corrected chi connectivity index (χ4v) is 2.45. The maximum Gasteiger partial charge on any atom is 0.355 e. The second-order valence-electron chi connectivity index (χ2n) is 5.11. The van der Waals surface area contributed by atoms with Crippen molar-refractivity contribution in [2.75, 3.05) is 13.2 Å². The first-order chi connectivity index (χ1) is 9.58. The highest BCUT2D eigenvalue weighted by molar-refractivity contribution is 5.90. The number of carbonyl (C=O) groups excluding carboxylic acids is 2. The van der Waals surface area contributed by atoms with Crippen molar-refractivity contribution in [3.63, 3.8) is 0 Å². The lowest BCUT2D eigenvalue weighted by Crippen LogP contribution is -2.36. The molecule has 1 aromatic heterocycles. The topological polar surface area (TPSA) is 51.5 Å². The van der Waals surface area contributed by atoms with Crippen LogP contribution in [0, 0.1) is 6.92 Å². The normalized spacial score (nSPS) is 14.2. The second kappa shape index (κ2) is 6.11. The van der Waals surface area contributed by atoms with E-state index in [1.165, 1.54) is 0 Å². The molecule has 0 unspecified atom stereocenters. The summed E-state index contributed by atoms with van der Waals surface area (Å²) < 4.78 is 6.75. The first-order valence-electron chi connectivity index (χ1n) is 7.20. The standard InChI is InChI=1S/C15H22N2O3/c1-4-17(12-6-7-12)13(18)10-16-9-8-11(3)14(16)15(19)20-5-2/h8-9,12H,4-7,10H2,1-3H3. The fourth-order valence-electron chi connectivity index (χ4n) is 2.45. The number of ether oxygens (including phenoxy) is 1. The monoisotopic (exact) mass is 278 g/mol. The molecule has 110 valence electrons. The third kappa shape index (κ3) is 3.03. The molecule has 20 heavy (non-hydrogen) atoms. The molecule has 5 nitrogen and oxygen atoms in total. The van der Waals surface area contributed by atoms with Crippen LogP contribution in [0.4, 0.5) is 0 Å². The molecule has 0 aromatic carbocycles. The molecule has 0 N–H and O–H groups in total. The average molecular weight is 278 g/mol. The number of nitrogens with zero attached hydrogens (tertiary/aromatic N) is 2. The summed E-state index contributed by atoms with van der Waals surface area (Å²) in [4.78, 5) is 26.2. The van der Waals surface area contributed by atoms with E-state index in [2.05, 4.69) is 0 Å². The molecule has 0 atom stereocenters. The number of hydrogen-bond donors (Lipinski definition) is 0. The average Bonchev–Trinajstić information content (AvgIpc) is 3.15. The van der Waals surface area contributed by atoms with Gasteiger partial charge in [0.1, 0.15) is 12.2 Å². The number of rotatable bonds is 6. The summed E-state index contributed by atoms with van der Waals surface area (Å²) in [5.41, 5.74) is 1.32. The number of esters is 1. The Morgan fingerprint density at radius 1 is 1.40 bits per heavy atom. The zero-order valence-electron chi connectivity index (χ0n) is 12.4. The molecule has 0 bridgehead atoms. The molecule has 1 aliphatic carbocycles. The molecule has 1 aliphatic rings. The van der Waals surface area contributed by atoms with Gasteiger partial charge in [-0.1, -0.05) is 0 Å². The summed E-state index contributed by atoms with van der Waals surface area (Å²) in [7, 11) is 0. The number of amides is 1. The van der Waals surface area contributed by atoms with Gasteiger partial charge < -0.3 is 14.2 Å². The Bertz CT molecular complexity index is 503. The van der Waals surface area contributed by atoms with Crippen LogP contribution < -0.4 is 0 Å². The highest BCUT2D eigenvalue weighted by atomic mass is 16.5. The predicted octanol–water partition coefficient (Wildman–Crippen LogP) is 1.98. The smallest absolute Gasteiger partial charge is 0.355 e. The van der Waals surface area contributed by atoms with Crippen molar-refractivity contribution in [3.05, 3.63) is 23.5 Å². The van der Waals surface area contributed by atoms with Crippen LogP contribution in [0.1, 0.15) is 42.7 Å². The quantitative estimate of drug-likeness (QED) is 0.748. The third-order valence-corrected chi connectivity index (χ3v) is 3.59. The number of aryl methyl sites for hydroxylation is 1. The van der Waals surface area contributed by atoms with Crippen molar-refractivity contribution < 1.29 is 14.3 Å². The molecule has 0 aliphatic heterocycles. The zero-order chi connectivity index (χ0) is 14.7. The Balaban J connectivity index is 2.12. The first-order valence-corrected chi connectivity index (χ1v) is 7.20. The lowest BCUT2D eigenvalue weighted by molar-refractivity contribution is -0.132. The van der Waals surface area contributed by atoms with Gasteiger partial charge in [-0.3, -0.25) is 4.79 Å². The van der Waals surface area contributed by atoms with Gasteiger partial charge in [-0.2, -0.15) is 0 Å². The minimum atomic E-state index is -0.364. The molecule has 1 fully saturated rings. The Labute approximate surface area is 119 Å². The highest BCUT2D eigenvalue weighted by Gasteiger charge is 2.31. The van der Waals surface area contributed by atoms with Crippen molar-refractivity contribution in [3.8, 4) is 0 Å². The van der Waals surface area contributed by atoms with Gasteiger partial charge in [0.2, 0.25) is 5.91 Å². The van der Waals surface area contributed by atoms with Gasteiger partial charge in [-0.25, -0.2) is 4.79 Å². The highest BCUT2D eigenvalue weighted by Crippen LogP contribution is 2.27. The Morgan fingerprint density at radius 2 is 2.10 bits per heavy atom. The van der Waals surface area contributed by atoms with Crippen LogP contribution in [-0.4, -0.2) is 40.5 Å². The molecule has 1 amide bonds. The minimum absolute atomic E-state index is 0.0659. The van der Waals surface area contributed by atoms with Crippen molar-refractivity contribution in [1.82, 2.24) is 9.47 Å². The number of carbonyl (C=O) groups is 2. The molecule has 1 aromatic rings. The van der Waals surface area contributed by atoms with Crippen LogP contribution in [0.3, 0.4) is 0 Å². The molecule has 0 saturated heterocycles. The van der Waals surface area contributed by atoms with Crippen molar-refractivity contribution in [1.29, 1.82) is 0 Å². The molecular formula is C15H22N2O3. The van der Waals surface area contributed by atoms with E-state index in [4.69, 9.17) is 4.74 Å². The third-order valence-electron chi connectivity index (χ3n) is 3.59. The van der Waals surface area contributed by atoms with E-state index in [1.807, 2.05) is 24.8 Å². The second-order valence-corrected chi connectivity index (χ2v) is 5.11. The maximum absolute atomic E-state index is 12.3. The van der Waals surface area contributed by atoms with Gasteiger partial charge in [0.05, 0.1) is 6.61 Å². The fraction of sp³-hybridized carbons (Fsp3) is 0.600. The lowest BCUT2D eigenvalue weighted by Gasteiger charge is -2.21. The number of likely N-dealkylation sites (N-methyl/N-ethyl adjacent to an activating group) is 1. The van der Waals surface area contributed by atoms with Gasteiger partial charge in [0, 0.05) is 18.8 Å². The summed E-state index contributed by atoms with van der Waals surface area (Å²) in [6.07, 6.45) is 3.96. The first kappa shape index (κ1) is 14.6. The molecule has 0 radical (unpaired) electrons. The summed E-state index contributed by atoms with van der Waals surface area (Å²) in [6, 6.07) is 2.24. The van der Waals surface area contributed by atoms with E-state index in [1.54, 1.807) is 17.7 Å². The van der Waals surface area contributed by atoms with Gasteiger partial charge in [-0.15, -0.1) is 0 Å². The summed E-state index contributed by atoms with van der Waals surface area (Å²) in [5.74, 6) is -0.298. The van der Waals surface area contributed by atoms with Crippen LogP contribution in [0.2, 0.25) is 0 Å². The summed E-state index contributed by atoms with van der Waals surface area (Å²) >= 11 is 0. The van der Waals surface area contributed by atoms with E-state index in [0.29, 0.717) is 18.3 Å². The van der Waals surface area contributed by atoms with Crippen molar-refractivity contribution in [2.45, 2.75) is 46.2 Å². The Hall–Kier alpha value is -1.78. The van der Waals surface area contributed by atoms with E-state index < -0.39 is 0 Å². The Morgan fingerprint density at radius 3 is 2.65 bits per heavy atom. The van der Waals surface area contributed by atoms with E-state index in [-0.39, 0.29) is 18.4 Å². The van der Waals surface area contributed by atoms with Crippen molar-refractivity contribution in [2.24, 2.45) is 0 Å². The van der Waals surface area contributed by atoms with Crippen LogP contribution in [-0.2, 0) is 16.1 Å². The summed E-state index contributed by atoms with van der Waals surface area (Å²) in [5, 5.41) is 0. The largest absolute Gasteiger partial charge is 0.461 e. The van der Waals surface area contributed by atoms with E-state index in [0.717, 1.165) is 24.9 Å². The van der Waals surface area contributed by atoms with Gasteiger partial charge in [0.25, 0.3) is 0 Å². The van der Waals surface area contributed by atoms with Crippen LogP contribution in [0.5, 0.6) is 0 Å².